The molecule has 0 radical (unpaired) electrons. The van der Waals surface area contributed by atoms with E-state index in [0.29, 0.717) is 19.6 Å². The molecule has 0 spiro atoms. The molecule has 0 aromatic heterocycles. The van der Waals surface area contributed by atoms with E-state index in [1.165, 1.54) is 25.7 Å². The van der Waals surface area contributed by atoms with Gasteiger partial charge in [-0.3, -0.25) is 4.18 Å². The zero-order chi connectivity index (χ0) is 17.4. The fourth-order valence-electron chi connectivity index (χ4n) is 2.40. The quantitative estimate of drug-likeness (QED) is 0.123. The number of ether oxygens (including phenoxy) is 2. The summed E-state index contributed by atoms with van der Waals surface area (Å²) in [5, 5.41) is 0. The molecule has 0 aliphatic heterocycles. The smallest absolute Gasteiger partial charge is 0.726 e. The first kappa shape index (κ1) is 27.0. The van der Waals surface area contributed by atoms with Crippen molar-refractivity contribution in [2.45, 2.75) is 84.3 Å². The van der Waals surface area contributed by atoms with Crippen LogP contribution in [0.25, 0.3) is 0 Å². The van der Waals surface area contributed by atoms with Crippen LogP contribution in [0.15, 0.2) is 0 Å². The fourth-order valence-corrected chi connectivity index (χ4v) is 2.72. The third-order valence-corrected chi connectivity index (χ3v) is 3.97. The van der Waals surface area contributed by atoms with E-state index in [2.05, 4.69) is 4.18 Å². The van der Waals surface area contributed by atoms with Crippen molar-refractivity contribution in [1.29, 1.82) is 0 Å². The number of hydrogen-bond donors (Lipinski definition) is 0. The number of hydrogen-bond acceptors (Lipinski definition) is 6. The molecule has 0 amide bonds. The summed E-state index contributed by atoms with van der Waals surface area (Å²) < 4.78 is 45.8. The summed E-state index contributed by atoms with van der Waals surface area (Å²) in [6, 6.07) is 0. The van der Waals surface area contributed by atoms with E-state index in [1.54, 1.807) is 0 Å². The average Bonchev–Trinajstić information content (AvgIpc) is 2.47. The zero-order valence-electron chi connectivity index (χ0n) is 15.6. The molecular formula is C16H33NaO6S. The Morgan fingerprint density at radius 3 is 1.62 bits per heavy atom. The first-order valence-electron chi connectivity index (χ1n) is 8.83. The zero-order valence-corrected chi connectivity index (χ0v) is 18.4. The molecule has 0 bridgehead atoms. The summed E-state index contributed by atoms with van der Waals surface area (Å²) in [4.78, 5) is 0. The molecule has 0 rings (SSSR count). The van der Waals surface area contributed by atoms with Gasteiger partial charge < -0.3 is 14.0 Å². The van der Waals surface area contributed by atoms with Crippen LogP contribution < -0.4 is 29.6 Å². The molecule has 140 valence electrons. The molecule has 0 aliphatic rings. The predicted molar refractivity (Wildman–Crippen MR) is 88.9 cm³/mol. The number of rotatable bonds is 17. The molecule has 8 heteroatoms. The minimum atomic E-state index is -4.52. The van der Waals surface area contributed by atoms with Crippen LogP contribution in [0.5, 0.6) is 0 Å². The topological polar surface area (TPSA) is 84.9 Å². The Balaban J connectivity index is 0. The summed E-state index contributed by atoms with van der Waals surface area (Å²) in [6.07, 6.45) is 10.6. The van der Waals surface area contributed by atoms with Crippen molar-refractivity contribution in [2.75, 3.05) is 19.8 Å². The molecule has 0 saturated heterocycles. The minimum absolute atomic E-state index is 0. The van der Waals surface area contributed by atoms with Gasteiger partial charge in [0, 0.05) is 13.2 Å². The van der Waals surface area contributed by atoms with Gasteiger partial charge in [0.15, 0.2) is 6.29 Å². The largest absolute Gasteiger partial charge is 1.00 e. The van der Waals surface area contributed by atoms with Gasteiger partial charge in [-0.05, 0) is 33.1 Å². The van der Waals surface area contributed by atoms with Gasteiger partial charge in [-0.25, -0.2) is 8.42 Å². The molecular weight excluding hydrogens is 343 g/mol. The first-order valence-corrected chi connectivity index (χ1v) is 10.2. The Bertz CT molecular complexity index is 344. The maximum absolute atomic E-state index is 10.2. The van der Waals surface area contributed by atoms with Crippen molar-refractivity contribution < 1.29 is 56.2 Å². The molecule has 6 nitrogen and oxygen atoms in total. The van der Waals surface area contributed by atoms with Crippen LogP contribution in [-0.4, -0.2) is 39.1 Å². The molecule has 0 unspecified atom stereocenters. The Morgan fingerprint density at radius 2 is 1.21 bits per heavy atom. The van der Waals surface area contributed by atoms with Crippen molar-refractivity contribution in [2.24, 2.45) is 0 Å². The van der Waals surface area contributed by atoms with E-state index >= 15 is 0 Å². The van der Waals surface area contributed by atoms with Gasteiger partial charge in [0.1, 0.15) is 0 Å². The summed E-state index contributed by atoms with van der Waals surface area (Å²) in [7, 11) is -4.52. The molecule has 0 saturated carbocycles. The Morgan fingerprint density at radius 1 is 0.792 bits per heavy atom. The van der Waals surface area contributed by atoms with Gasteiger partial charge >= 0.3 is 29.6 Å². The minimum Gasteiger partial charge on any atom is -0.726 e. The summed E-state index contributed by atoms with van der Waals surface area (Å²) in [5.74, 6) is 0. The standard InChI is InChI=1S/C16H34O6S.Na/c1-3-20-16(21-4-2)14-12-10-8-6-5-7-9-11-13-15-22-23(17,18)19;/h16H,3-15H2,1-2H3,(H,17,18,19);/q;+1/p-1. The van der Waals surface area contributed by atoms with Gasteiger partial charge in [0.25, 0.3) is 0 Å². The van der Waals surface area contributed by atoms with Crippen LogP contribution in [0.3, 0.4) is 0 Å². The van der Waals surface area contributed by atoms with E-state index in [4.69, 9.17) is 9.47 Å². The molecule has 0 atom stereocenters. The van der Waals surface area contributed by atoms with E-state index in [0.717, 1.165) is 32.1 Å². The van der Waals surface area contributed by atoms with Crippen molar-refractivity contribution in [3.8, 4) is 0 Å². The SMILES string of the molecule is CCOC(CCCCCCCCCCCOS(=O)(=O)[O-])OCC.[Na+]. The van der Waals surface area contributed by atoms with Gasteiger partial charge in [-0.2, -0.15) is 0 Å². The Kier molecular flexibility index (Phi) is 20.9. The Labute approximate surface area is 170 Å². The van der Waals surface area contributed by atoms with Crippen LogP contribution in [-0.2, 0) is 24.1 Å². The monoisotopic (exact) mass is 376 g/mol. The summed E-state index contributed by atoms with van der Waals surface area (Å²) in [5.41, 5.74) is 0. The molecule has 0 aromatic rings. The fraction of sp³-hybridized carbons (Fsp3) is 1.00. The predicted octanol–water partition coefficient (Wildman–Crippen LogP) is 0.767. The second kappa shape index (κ2) is 18.6. The van der Waals surface area contributed by atoms with Crippen LogP contribution in [0.2, 0.25) is 0 Å². The van der Waals surface area contributed by atoms with Crippen LogP contribution in [0, 0.1) is 0 Å². The summed E-state index contributed by atoms with van der Waals surface area (Å²) >= 11 is 0. The Hall–Kier alpha value is 0.790. The van der Waals surface area contributed by atoms with Crippen molar-refractivity contribution >= 4 is 10.4 Å². The van der Waals surface area contributed by atoms with Crippen molar-refractivity contribution in [1.82, 2.24) is 0 Å². The second-order valence-electron chi connectivity index (χ2n) is 5.54. The first-order chi connectivity index (χ1) is 11.0. The van der Waals surface area contributed by atoms with Gasteiger partial charge in [-0.15, -0.1) is 0 Å². The summed E-state index contributed by atoms with van der Waals surface area (Å²) in [6.45, 7) is 5.36. The third-order valence-electron chi connectivity index (χ3n) is 3.52. The van der Waals surface area contributed by atoms with E-state index in [9.17, 15) is 13.0 Å². The van der Waals surface area contributed by atoms with Gasteiger partial charge in [0.05, 0.1) is 6.61 Å². The average molecular weight is 376 g/mol. The molecule has 0 N–H and O–H groups in total. The number of unbranched alkanes of at least 4 members (excludes halogenated alkanes) is 8. The van der Waals surface area contributed by atoms with Crippen LogP contribution in [0.1, 0.15) is 78.1 Å². The maximum Gasteiger partial charge on any atom is 1.00 e. The third kappa shape index (κ3) is 20.8. The van der Waals surface area contributed by atoms with Gasteiger partial charge in [0.2, 0.25) is 10.4 Å². The molecule has 0 heterocycles. The molecule has 24 heavy (non-hydrogen) atoms. The maximum atomic E-state index is 10.2. The second-order valence-corrected chi connectivity index (χ2v) is 6.59. The molecule has 0 fully saturated rings. The van der Waals surface area contributed by atoms with E-state index in [1.807, 2.05) is 13.8 Å². The van der Waals surface area contributed by atoms with Crippen molar-refractivity contribution in [3.05, 3.63) is 0 Å². The van der Waals surface area contributed by atoms with Crippen LogP contribution in [0.4, 0.5) is 0 Å². The van der Waals surface area contributed by atoms with E-state index < -0.39 is 10.4 Å². The van der Waals surface area contributed by atoms with Crippen molar-refractivity contribution in [3.63, 3.8) is 0 Å². The normalized spacial score (nSPS) is 11.7. The molecule has 0 aliphatic carbocycles. The van der Waals surface area contributed by atoms with Gasteiger partial charge in [-0.1, -0.05) is 44.9 Å². The van der Waals surface area contributed by atoms with E-state index in [-0.39, 0.29) is 42.5 Å². The molecule has 0 aromatic carbocycles. The van der Waals surface area contributed by atoms with Crippen LogP contribution >= 0.6 is 0 Å².